The van der Waals surface area contributed by atoms with Crippen LogP contribution in [0.4, 0.5) is 4.39 Å². The molecule has 10 heteroatoms. The fourth-order valence-corrected chi connectivity index (χ4v) is 2.66. The minimum absolute atomic E-state index is 0.0287. The molecule has 0 aliphatic carbocycles. The maximum atomic E-state index is 13.2. The van der Waals surface area contributed by atoms with Gasteiger partial charge in [-0.15, -0.1) is 0 Å². The molecule has 0 radical (unpaired) electrons. The van der Waals surface area contributed by atoms with Crippen molar-refractivity contribution in [1.29, 1.82) is 0 Å². The Labute approximate surface area is 148 Å². The number of carboxylic acid groups (broad SMARTS) is 1. The number of halogens is 1. The molecular weight excluding hydrogens is 345 g/mol. The van der Waals surface area contributed by atoms with E-state index in [0.29, 0.717) is 18.0 Å². The second kappa shape index (κ2) is 7.58. The van der Waals surface area contributed by atoms with Crippen LogP contribution in [0.2, 0.25) is 0 Å². The van der Waals surface area contributed by atoms with E-state index >= 15 is 0 Å². The Bertz CT molecular complexity index is 825. The van der Waals surface area contributed by atoms with Crippen molar-refractivity contribution in [3.05, 3.63) is 41.7 Å². The highest BCUT2D eigenvalue weighted by molar-refractivity contribution is 5.81. The van der Waals surface area contributed by atoms with Gasteiger partial charge < -0.3 is 9.84 Å². The summed E-state index contributed by atoms with van der Waals surface area (Å²) in [4.78, 5) is 26.9. The predicted octanol–water partition coefficient (Wildman–Crippen LogP) is 0.577. The van der Waals surface area contributed by atoms with E-state index in [1.165, 1.54) is 29.8 Å². The number of carbonyl (C=O) groups excluding carboxylic acids is 1. The van der Waals surface area contributed by atoms with E-state index in [0.717, 1.165) is 0 Å². The van der Waals surface area contributed by atoms with Crippen molar-refractivity contribution < 1.29 is 23.8 Å². The number of aliphatic carboxylic acids is 1. The van der Waals surface area contributed by atoms with E-state index in [1.54, 1.807) is 6.07 Å². The fourth-order valence-electron chi connectivity index (χ4n) is 2.66. The van der Waals surface area contributed by atoms with Crippen molar-refractivity contribution in [2.24, 2.45) is 0 Å². The molecule has 1 aromatic carbocycles. The second-order valence-corrected chi connectivity index (χ2v) is 5.92. The molecule has 0 bridgehead atoms. The molecule has 3 rings (SSSR count). The Morgan fingerprint density at radius 1 is 1.42 bits per heavy atom. The normalized spacial score (nSPS) is 19.5. The van der Waals surface area contributed by atoms with Crippen LogP contribution in [0.5, 0.6) is 5.75 Å². The Hall–Kier alpha value is -2.85. The van der Waals surface area contributed by atoms with Gasteiger partial charge in [-0.2, -0.15) is 5.10 Å². The van der Waals surface area contributed by atoms with Gasteiger partial charge in [0, 0.05) is 6.07 Å². The average Bonchev–Trinajstić information content (AvgIpc) is 3.19. The highest BCUT2D eigenvalue weighted by Gasteiger charge is 2.32. The summed E-state index contributed by atoms with van der Waals surface area (Å²) in [7, 11) is 0. The number of nitrogens with zero attached hydrogens (tertiary/aromatic N) is 3. The Balaban J connectivity index is 1.76. The molecule has 0 amide bonds. The molecule has 138 valence electrons. The number of nitrogens with one attached hydrogen (secondary N) is 2. The van der Waals surface area contributed by atoms with Gasteiger partial charge in [-0.25, -0.2) is 24.9 Å². The van der Waals surface area contributed by atoms with Gasteiger partial charge in [0.25, 0.3) is 0 Å². The van der Waals surface area contributed by atoms with E-state index in [9.17, 15) is 14.0 Å². The molecule has 1 aliphatic rings. The van der Waals surface area contributed by atoms with Crippen LogP contribution < -0.4 is 15.6 Å². The molecule has 2 heterocycles. The Kier molecular flexibility index (Phi) is 5.24. The number of carbonyl (C=O) groups is 2. The smallest absolute Gasteiger partial charge is 0.325 e. The first-order chi connectivity index (χ1) is 12.4. The highest BCUT2D eigenvalue weighted by atomic mass is 19.1. The van der Waals surface area contributed by atoms with Gasteiger partial charge in [-0.3, -0.25) is 9.59 Å². The average molecular weight is 363 g/mol. The van der Waals surface area contributed by atoms with Crippen LogP contribution in [-0.4, -0.2) is 37.7 Å². The van der Waals surface area contributed by atoms with Gasteiger partial charge >= 0.3 is 5.97 Å². The summed E-state index contributed by atoms with van der Waals surface area (Å²) in [5, 5.41) is 13.2. The number of Topliss-reactive ketones (excluding diaryl/α,β-unsaturated/α-hetero) is 1. The van der Waals surface area contributed by atoms with E-state index < -0.39 is 11.8 Å². The molecule has 2 unspecified atom stereocenters. The first kappa shape index (κ1) is 18.0. The number of benzene rings is 1. The summed E-state index contributed by atoms with van der Waals surface area (Å²) in [5.74, 6) is -0.552. The summed E-state index contributed by atoms with van der Waals surface area (Å²) < 4.78 is 19.9. The largest absolute Gasteiger partial charge is 0.485 e. The molecule has 3 N–H and O–H groups in total. The zero-order valence-electron chi connectivity index (χ0n) is 14.0. The lowest BCUT2D eigenvalue weighted by Gasteiger charge is -2.09. The first-order valence-corrected chi connectivity index (χ1v) is 7.97. The molecule has 0 saturated carbocycles. The van der Waals surface area contributed by atoms with Crippen molar-refractivity contribution in [3.8, 4) is 5.75 Å². The summed E-state index contributed by atoms with van der Waals surface area (Å²) in [6.07, 6.45) is 0.428. The summed E-state index contributed by atoms with van der Waals surface area (Å²) in [6.45, 7) is 1.06. The van der Waals surface area contributed by atoms with Crippen LogP contribution in [0.25, 0.3) is 0 Å². The van der Waals surface area contributed by atoms with Gasteiger partial charge in [-0.05, 0) is 25.5 Å². The Morgan fingerprint density at radius 2 is 2.23 bits per heavy atom. The first-order valence-electron chi connectivity index (χ1n) is 7.97. The molecule has 1 fully saturated rings. The van der Waals surface area contributed by atoms with Gasteiger partial charge in [0.2, 0.25) is 0 Å². The quantitative estimate of drug-likeness (QED) is 0.654. The van der Waals surface area contributed by atoms with Crippen LogP contribution in [-0.2, 0) is 22.7 Å². The van der Waals surface area contributed by atoms with Crippen LogP contribution in [0, 0.1) is 5.82 Å². The third kappa shape index (κ3) is 4.21. The molecule has 2 aromatic rings. The third-order valence-electron chi connectivity index (χ3n) is 3.90. The molecular formula is C16H18FN5O4. The predicted molar refractivity (Wildman–Crippen MR) is 86.5 cm³/mol. The van der Waals surface area contributed by atoms with Crippen molar-refractivity contribution in [3.63, 3.8) is 0 Å². The zero-order chi connectivity index (χ0) is 18.7. The number of hydrogen-bond donors (Lipinski definition) is 3. The number of ketones is 1. The molecule has 1 aliphatic heterocycles. The van der Waals surface area contributed by atoms with Crippen molar-refractivity contribution >= 4 is 11.8 Å². The van der Waals surface area contributed by atoms with Crippen LogP contribution in [0.1, 0.15) is 31.0 Å². The molecule has 26 heavy (non-hydrogen) atoms. The van der Waals surface area contributed by atoms with Crippen LogP contribution in [0.3, 0.4) is 0 Å². The number of hydrazine groups is 1. The van der Waals surface area contributed by atoms with E-state index in [1.807, 2.05) is 0 Å². The van der Waals surface area contributed by atoms with Gasteiger partial charge in [0.05, 0.1) is 12.1 Å². The number of hydrogen-bond acceptors (Lipinski definition) is 7. The number of ether oxygens (including phenoxy) is 1. The second-order valence-electron chi connectivity index (χ2n) is 5.92. The van der Waals surface area contributed by atoms with E-state index in [-0.39, 0.29) is 36.8 Å². The standard InChI is InChI=1S/C16H18FN5O4/c1-9(23)12-6-13(20-19-12)16-18-14(21-22(16)7-15(24)25)8-26-11-4-2-3-10(17)5-11/h2-5,12-13,19-20H,6-8H2,1H3,(H,24,25). The topological polar surface area (TPSA) is 118 Å². The molecule has 1 aromatic heterocycles. The lowest BCUT2D eigenvalue weighted by Crippen LogP contribution is -2.35. The lowest BCUT2D eigenvalue weighted by molar-refractivity contribution is -0.138. The van der Waals surface area contributed by atoms with Crippen molar-refractivity contribution in [2.75, 3.05) is 0 Å². The van der Waals surface area contributed by atoms with Gasteiger partial charge in [-0.1, -0.05) is 6.07 Å². The van der Waals surface area contributed by atoms with E-state index in [4.69, 9.17) is 9.84 Å². The number of aromatic nitrogens is 3. The lowest BCUT2D eigenvalue weighted by atomic mass is 10.1. The maximum Gasteiger partial charge on any atom is 0.325 e. The molecule has 2 atom stereocenters. The molecule has 1 saturated heterocycles. The number of rotatable bonds is 7. The zero-order valence-corrected chi connectivity index (χ0v) is 14.0. The molecule has 9 nitrogen and oxygen atoms in total. The third-order valence-corrected chi connectivity index (χ3v) is 3.90. The monoisotopic (exact) mass is 363 g/mol. The van der Waals surface area contributed by atoms with Gasteiger partial charge in [0.1, 0.15) is 36.3 Å². The fraction of sp³-hybridized carbons (Fsp3) is 0.375. The SMILES string of the molecule is CC(=O)C1CC(c2nc(COc3cccc(F)c3)nn2CC(=O)O)NN1. The van der Waals surface area contributed by atoms with Crippen LogP contribution in [0.15, 0.2) is 24.3 Å². The van der Waals surface area contributed by atoms with Crippen molar-refractivity contribution in [1.82, 2.24) is 25.6 Å². The molecule has 0 spiro atoms. The summed E-state index contributed by atoms with van der Waals surface area (Å²) >= 11 is 0. The number of carboxylic acids is 1. The van der Waals surface area contributed by atoms with Crippen molar-refractivity contribution in [2.45, 2.75) is 38.6 Å². The van der Waals surface area contributed by atoms with Gasteiger partial charge in [0.15, 0.2) is 5.82 Å². The Morgan fingerprint density at radius 3 is 2.88 bits per heavy atom. The minimum Gasteiger partial charge on any atom is -0.485 e. The van der Waals surface area contributed by atoms with Crippen LogP contribution >= 0.6 is 0 Å². The summed E-state index contributed by atoms with van der Waals surface area (Å²) in [5.41, 5.74) is 5.79. The summed E-state index contributed by atoms with van der Waals surface area (Å²) in [6, 6.07) is 4.91. The van der Waals surface area contributed by atoms with E-state index in [2.05, 4.69) is 20.9 Å². The minimum atomic E-state index is -1.07. The highest BCUT2D eigenvalue weighted by Crippen LogP contribution is 2.22. The maximum absolute atomic E-state index is 13.2.